The van der Waals surface area contributed by atoms with Crippen LogP contribution in [0.15, 0.2) is 16.6 Å². The van der Waals surface area contributed by atoms with Crippen LogP contribution in [-0.2, 0) is 0 Å². The van der Waals surface area contributed by atoms with Crippen LogP contribution in [0.1, 0.15) is 24.2 Å². The summed E-state index contributed by atoms with van der Waals surface area (Å²) in [5.41, 5.74) is 0.627. The topological polar surface area (TPSA) is 50.8 Å². The van der Waals surface area contributed by atoms with Crippen LogP contribution in [0.2, 0.25) is 0 Å². The van der Waals surface area contributed by atoms with Crippen molar-refractivity contribution in [3.05, 3.63) is 22.2 Å². The Morgan fingerprint density at radius 1 is 1.30 bits per heavy atom. The predicted molar refractivity (Wildman–Crippen MR) is 78.2 cm³/mol. The van der Waals surface area contributed by atoms with E-state index in [1.165, 1.54) is 0 Å². The normalized spacial score (nSPS) is 24.9. The average Bonchev–Trinajstić information content (AvgIpc) is 2.85. The first kappa shape index (κ1) is 13.7. The van der Waals surface area contributed by atoms with Gasteiger partial charge >= 0.3 is 0 Å². The zero-order valence-corrected chi connectivity index (χ0v) is 13.1. The fourth-order valence-corrected chi connectivity index (χ4v) is 3.32. The highest BCUT2D eigenvalue weighted by molar-refractivity contribution is 9.10. The maximum absolute atomic E-state index is 12.6. The molecule has 2 atom stereocenters. The number of nitrogens with zero attached hydrogens (tertiary/aromatic N) is 1. The number of carbonyl (C=O) groups is 1. The smallest absolute Gasteiger partial charge is 0.254 e. The van der Waals surface area contributed by atoms with Crippen molar-refractivity contribution >= 4 is 21.8 Å². The van der Waals surface area contributed by atoms with Gasteiger partial charge in [-0.05, 0) is 41.9 Å². The van der Waals surface area contributed by atoms with Crippen LogP contribution < -0.4 is 14.8 Å². The fraction of sp³-hybridized carbons (Fsp3) is 0.500. The summed E-state index contributed by atoms with van der Waals surface area (Å²) >= 11 is 3.43. The summed E-state index contributed by atoms with van der Waals surface area (Å²) in [6, 6.07) is 4.17. The first-order valence-corrected chi connectivity index (χ1v) is 7.48. The second-order valence-electron chi connectivity index (χ2n) is 5.37. The van der Waals surface area contributed by atoms with Gasteiger partial charge in [0, 0.05) is 30.7 Å². The summed E-state index contributed by atoms with van der Waals surface area (Å²) in [4.78, 5) is 14.5. The van der Waals surface area contributed by atoms with Gasteiger partial charge in [-0.3, -0.25) is 4.79 Å². The number of nitrogens with one attached hydrogen (secondary N) is 1. The number of benzene rings is 1. The van der Waals surface area contributed by atoms with Crippen LogP contribution in [0.4, 0.5) is 0 Å². The fourth-order valence-electron chi connectivity index (χ4n) is 2.77. The minimum absolute atomic E-state index is 0.0317. The monoisotopic (exact) mass is 340 g/mol. The molecule has 0 spiro atoms. The first-order chi connectivity index (χ1) is 9.54. The zero-order chi connectivity index (χ0) is 14.3. The minimum atomic E-state index is 0.0317. The third-order valence-electron chi connectivity index (χ3n) is 3.52. The van der Waals surface area contributed by atoms with Crippen molar-refractivity contribution in [2.24, 2.45) is 0 Å². The lowest BCUT2D eigenvalue weighted by atomic mass is 10.1. The van der Waals surface area contributed by atoms with Gasteiger partial charge in [0.25, 0.3) is 5.91 Å². The molecule has 2 aliphatic heterocycles. The number of halogens is 1. The molecule has 5 nitrogen and oxygen atoms in total. The third kappa shape index (κ3) is 2.50. The largest absolute Gasteiger partial charge is 0.454 e. The van der Waals surface area contributed by atoms with Crippen molar-refractivity contribution in [1.29, 1.82) is 0 Å². The molecule has 1 N–H and O–H groups in total. The number of rotatable bonds is 1. The summed E-state index contributed by atoms with van der Waals surface area (Å²) in [5.74, 6) is 1.33. The lowest BCUT2D eigenvalue weighted by Crippen LogP contribution is -2.55. The molecule has 0 aromatic heterocycles. The van der Waals surface area contributed by atoms with Crippen molar-refractivity contribution in [2.75, 3.05) is 19.9 Å². The molecule has 0 bridgehead atoms. The molecule has 6 heteroatoms. The quantitative estimate of drug-likeness (QED) is 0.849. The number of amides is 1. The third-order valence-corrected chi connectivity index (χ3v) is 4.11. The van der Waals surface area contributed by atoms with Gasteiger partial charge in [0.05, 0.1) is 4.47 Å². The van der Waals surface area contributed by atoms with E-state index in [4.69, 9.17) is 9.47 Å². The molecule has 3 rings (SSSR count). The second-order valence-corrected chi connectivity index (χ2v) is 6.23. The maximum atomic E-state index is 12.6. The second kappa shape index (κ2) is 5.26. The Kier molecular flexibility index (Phi) is 3.60. The lowest BCUT2D eigenvalue weighted by molar-refractivity contribution is 0.0673. The number of piperazine rings is 1. The van der Waals surface area contributed by atoms with Crippen molar-refractivity contribution in [2.45, 2.75) is 25.9 Å². The summed E-state index contributed by atoms with van der Waals surface area (Å²) in [7, 11) is 0. The Balaban J connectivity index is 1.85. The van der Waals surface area contributed by atoms with Crippen LogP contribution in [-0.4, -0.2) is 42.8 Å². The molecule has 20 heavy (non-hydrogen) atoms. The predicted octanol–water partition coefficient (Wildman–Crippen LogP) is 2.00. The molecule has 0 saturated carbocycles. The van der Waals surface area contributed by atoms with E-state index in [0.717, 1.165) is 17.6 Å². The van der Waals surface area contributed by atoms with E-state index in [1.54, 1.807) is 12.1 Å². The number of ether oxygens (including phenoxy) is 2. The number of hydrogen-bond acceptors (Lipinski definition) is 4. The van der Waals surface area contributed by atoms with Gasteiger partial charge in [-0.2, -0.15) is 0 Å². The van der Waals surface area contributed by atoms with Crippen molar-refractivity contribution < 1.29 is 14.3 Å². The van der Waals surface area contributed by atoms with Gasteiger partial charge in [0.15, 0.2) is 11.5 Å². The molecule has 2 heterocycles. The zero-order valence-electron chi connectivity index (χ0n) is 11.5. The molecule has 2 aliphatic rings. The van der Waals surface area contributed by atoms with Gasteiger partial charge in [-0.15, -0.1) is 0 Å². The van der Waals surface area contributed by atoms with Crippen LogP contribution in [0, 0.1) is 0 Å². The standard InChI is InChI=1S/C14H17BrN2O3/c1-8-5-17(6-9(2)16-8)14(18)10-3-11(15)13-12(4-10)19-7-20-13/h3-4,8-9,16H,5-7H2,1-2H3. The summed E-state index contributed by atoms with van der Waals surface area (Å²) < 4.78 is 11.5. The van der Waals surface area contributed by atoms with Gasteiger partial charge in [-0.1, -0.05) is 0 Å². The minimum Gasteiger partial charge on any atom is -0.454 e. The van der Waals surface area contributed by atoms with Crippen molar-refractivity contribution in [3.63, 3.8) is 0 Å². The van der Waals surface area contributed by atoms with Crippen LogP contribution in [0.25, 0.3) is 0 Å². The maximum Gasteiger partial charge on any atom is 0.254 e. The number of hydrogen-bond donors (Lipinski definition) is 1. The molecule has 0 radical (unpaired) electrons. The molecule has 2 unspecified atom stereocenters. The van der Waals surface area contributed by atoms with E-state index in [9.17, 15) is 4.79 Å². The number of carbonyl (C=O) groups excluding carboxylic acids is 1. The van der Waals surface area contributed by atoms with Gasteiger partial charge in [0.1, 0.15) is 0 Å². The van der Waals surface area contributed by atoms with E-state index >= 15 is 0 Å². The molecule has 1 saturated heterocycles. The number of fused-ring (bicyclic) bond motifs is 1. The van der Waals surface area contributed by atoms with Crippen molar-refractivity contribution in [1.82, 2.24) is 10.2 Å². The van der Waals surface area contributed by atoms with Gasteiger partial charge in [-0.25, -0.2) is 0 Å². The Labute approximate surface area is 126 Å². The van der Waals surface area contributed by atoms with Gasteiger partial charge < -0.3 is 19.7 Å². The van der Waals surface area contributed by atoms with Crippen molar-refractivity contribution in [3.8, 4) is 11.5 Å². The molecular weight excluding hydrogens is 324 g/mol. The van der Waals surface area contributed by atoms with Crippen LogP contribution in [0.3, 0.4) is 0 Å². The molecule has 1 fully saturated rings. The van der Waals surface area contributed by atoms with Crippen LogP contribution in [0.5, 0.6) is 11.5 Å². The van der Waals surface area contributed by atoms with E-state index in [2.05, 4.69) is 35.1 Å². The Morgan fingerprint density at radius 3 is 2.70 bits per heavy atom. The Morgan fingerprint density at radius 2 is 2.00 bits per heavy atom. The SMILES string of the molecule is CC1CN(C(=O)c2cc(Br)c3c(c2)OCO3)CC(C)N1. The highest BCUT2D eigenvalue weighted by Gasteiger charge is 2.27. The molecule has 1 aromatic carbocycles. The molecule has 0 aliphatic carbocycles. The van der Waals surface area contributed by atoms with Gasteiger partial charge in [0.2, 0.25) is 6.79 Å². The highest BCUT2D eigenvalue weighted by atomic mass is 79.9. The molecule has 1 aromatic rings. The summed E-state index contributed by atoms with van der Waals surface area (Å²) in [6.45, 7) is 5.81. The lowest BCUT2D eigenvalue weighted by Gasteiger charge is -2.36. The molecule has 108 valence electrons. The van der Waals surface area contributed by atoms with E-state index < -0.39 is 0 Å². The highest BCUT2D eigenvalue weighted by Crippen LogP contribution is 2.40. The Bertz CT molecular complexity index is 539. The first-order valence-electron chi connectivity index (χ1n) is 6.69. The Hall–Kier alpha value is -1.27. The van der Waals surface area contributed by atoms with Crippen LogP contribution >= 0.6 is 15.9 Å². The molecule has 1 amide bonds. The average molecular weight is 341 g/mol. The van der Waals surface area contributed by atoms with E-state index in [-0.39, 0.29) is 12.7 Å². The summed E-state index contributed by atoms with van der Waals surface area (Å²) in [6.07, 6.45) is 0. The molecular formula is C14H17BrN2O3. The van der Waals surface area contributed by atoms with E-state index in [1.807, 2.05) is 4.90 Å². The van der Waals surface area contributed by atoms with E-state index in [0.29, 0.717) is 29.1 Å². The summed E-state index contributed by atoms with van der Waals surface area (Å²) in [5, 5.41) is 3.42.